The molecule has 0 aliphatic carbocycles. The lowest BCUT2D eigenvalue weighted by molar-refractivity contribution is 0.256. The molecule has 0 bridgehead atoms. The summed E-state index contributed by atoms with van der Waals surface area (Å²) in [5.74, 6) is -0.464. The molecule has 0 aromatic heterocycles. The van der Waals surface area contributed by atoms with Crippen LogP contribution in [0, 0.1) is 12.3 Å². The lowest BCUT2D eigenvalue weighted by atomic mass is 10.2. The number of benzene rings is 1. The first kappa shape index (κ1) is 12.1. The average molecular weight is 243 g/mol. The van der Waals surface area contributed by atoms with Crippen LogP contribution < -0.4 is 16.4 Å². The number of rotatable bonds is 1. The minimum atomic E-state index is -0.692. The molecule has 1 aromatic rings. The fourth-order valence-corrected chi connectivity index (χ4v) is 1.34. The van der Waals surface area contributed by atoms with E-state index in [2.05, 4.69) is 5.32 Å². The maximum Gasteiger partial charge on any atom is 0.326 e. The Kier molecular flexibility index (Phi) is 3.57. The third-order valence-corrected chi connectivity index (χ3v) is 2.19. The Labute approximate surface area is 96.9 Å². The molecule has 0 atom stereocenters. The van der Waals surface area contributed by atoms with E-state index in [9.17, 15) is 9.90 Å². The largest absolute Gasteiger partial charge is 0.508 e. The Morgan fingerprint density at radius 2 is 2.19 bits per heavy atom. The summed E-state index contributed by atoms with van der Waals surface area (Å²) in [6.07, 6.45) is 0. The molecular weight excluding hydrogens is 232 g/mol. The predicted molar refractivity (Wildman–Crippen MR) is 61.9 cm³/mol. The minimum Gasteiger partial charge on any atom is -0.508 e. The van der Waals surface area contributed by atoms with Gasteiger partial charge in [0, 0.05) is 5.56 Å². The molecule has 0 saturated heterocycles. The number of nitrogens with two attached hydrogens (primary N) is 1. The SMILES string of the molecule is Cc1c(O)ccc(Cl)c1NC(=O)NC(=N)N. The highest BCUT2D eigenvalue weighted by Crippen LogP contribution is 2.31. The van der Waals surface area contributed by atoms with Gasteiger partial charge in [0.15, 0.2) is 5.96 Å². The number of urea groups is 1. The zero-order valence-corrected chi connectivity index (χ0v) is 9.22. The fraction of sp³-hybridized carbons (Fsp3) is 0.111. The van der Waals surface area contributed by atoms with Gasteiger partial charge >= 0.3 is 6.03 Å². The van der Waals surface area contributed by atoms with Crippen LogP contribution in [0.25, 0.3) is 0 Å². The van der Waals surface area contributed by atoms with E-state index in [4.69, 9.17) is 22.7 Å². The zero-order chi connectivity index (χ0) is 12.3. The Morgan fingerprint density at radius 1 is 1.56 bits per heavy atom. The number of carbonyl (C=O) groups excluding carboxylic acids is 1. The number of phenols is 1. The Hall–Kier alpha value is -1.95. The molecule has 86 valence electrons. The van der Waals surface area contributed by atoms with Crippen molar-refractivity contribution in [2.45, 2.75) is 6.92 Å². The first-order valence-electron chi connectivity index (χ1n) is 4.32. The number of guanidine groups is 1. The molecule has 0 radical (unpaired) electrons. The van der Waals surface area contributed by atoms with Crippen LogP contribution in [0.2, 0.25) is 5.02 Å². The lowest BCUT2D eigenvalue weighted by Crippen LogP contribution is -2.38. The molecule has 1 aromatic carbocycles. The van der Waals surface area contributed by atoms with Gasteiger partial charge in [-0.15, -0.1) is 0 Å². The van der Waals surface area contributed by atoms with E-state index in [1.807, 2.05) is 5.32 Å². The normalized spacial score (nSPS) is 9.62. The maximum atomic E-state index is 11.3. The predicted octanol–water partition coefficient (Wildman–Crippen LogP) is 1.37. The molecule has 0 aliphatic heterocycles. The number of nitrogens with one attached hydrogen (secondary N) is 3. The molecule has 6 nitrogen and oxygen atoms in total. The summed E-state index contributed by atoms with van der Waals surface area (Å²) in [6, 6.07) is 2.18. The zero-order valence-electron chi connectivity index (χ0n) is 8.47. The van der Waals surface area contributed by atoms with Gasteiger partial charge in [-0.3, -0.25) is 10.7 Å². The lowest BCUT2D eigenvalue weighted by Gasteiger charge is -2.11. The van der Waals surface area contributed by atoms with Crippen LogP contribution >= 0.6 is 11.6 Å². The summed E-state index contributed by atoms with van der Waals surface area (Å²) in [5, 5.41) is 21.0. The third kappa shape index (κ3) is 2.77. The van der Waals surface area contributed by atoms with Crippen molar-refractivity contribution in [2.24, 2.45) is 5.73 Å². The average Bonchev–Trinajstić information content (AvgIpc) is 2.17. The monoisotopic (exact) mass is 242 g/mol. The van der Waals surface area contributed by atoms with Crippen LogP contribution in [0.4, 0.5) is 10.5 Å². The Balaban J connectivity index is 2.93. The quantitative estimate of drug-likeness (QED) is 0.379. The van der Waals surface area contributed by atoms with Gasteiger partial charge in [0.1, 0.15) is 5.75 Å². The van der Waals surface area contributed by atoms with E-state index in [1.54, 1.807) is 6.92 Å². The summed E-state index contributed by atoms with van der Waals surface area (Å²) in [7, 11) is 0. The maximum absolute atomic E-state index is 11.3. The van der Waals surface area contributed by atoms with E-state index in [-0.39, 0.29) is 16.5 Å². The van der Waals surface area contributed by atoms with Crippen molar-refractivity contribution in [1.82, 2.24) is 5.32 Å². The van der Waals surface area contributed by atoms with Gasteiger partial charge < -0.3 is 16.2 Å². The van der Waals surface area contributed by atoms with Gasteiger partial charge in [-0.05, 0) is 19.1 Å². The standard InChI is InChI=1S/C9H11ClN4O2/c1-4-6(15)3-2-5(10)7(4)13-9(16)14-8(11)12/h2-3,15H,1H3,(H5,11,12,13,14,16). The highest BCUT2D eigenvalue weighted by Gasteiger charge is 2.11. The van der Waals surface area contributed by atoms with Gasteiger partial charge in [0.2, 0.25) is 0 Å². The molecule has 0 saturated carbocycles. The molecular formula is C9H11ClN4O2. The molecule has 16 heavy (non-hydrogen) atoms. The summed E-state index contributed by atoms with van der Waals surface area (Å²) in [5.41, 5.74) is 5.70. The van der Waals surface area contributed by atoms with Crippen LogP contribution in [0.1, 0.15) is 5.56 Å². The van der Waals surface area contributed by atoms with E-state index >= 15 is 0 Å². The summed E-state index contributed by atoms with van der Waals surface area (Å²) in [4.78, 5) is 11.3. The Morgan fingerprint density at radius 3 is 2.75 bits per heavy atom. The number of halogens is 1. The number of hydrogen-bond acceptors (Lipinski definition) is 3. The van der Waals surface area contributed by atoms with E-state index in [0.29, 0.717) is 5.56 Å². The second-order valence-electron chi connectivity index (χ2n) is 3.06. The van der Waals surface area contributed by atoms with Gasteiger partial charge in [0.05, 0.1) is 10.7 Å². The van der Waals surface area contributed by atoms with Crippen LogP contribution in [-0.4, -0.2) is 17.1 Å². The molecule has 0 heterocycles. The smallest absolute Gasteiger partial charge is 0.326 e. The highest BCUT2D eigenvalue weighted by atomic mass is 35.5. The topological polar surface area (TPSA) is 111 Å². The van der Waals surface area contributed by atoms with Crippen LogP contribution in [0.5, 0.6) is 5.75 Å². The second-order valence-corrected chi connectivity index (χ2v) is 3.47. The van der Waals surface area contributed by atoms with Crippen molar-refractivity contribution < 1.29 is 9.90 Å². The molecule has 0 fully saturated rings. The van der Waals surface area contributed by atoms with Gasteiger partial charge in [0.25, 0.3) is 0 Å². The second kappa shape index (κ2) is 4.71. The van der Waals surface area contributed by atoms with Gasteiger partial charge in [-0.1, -0.05) is 11.6 Å². The van der Waals surface area contributed by atoms with Crippen LogP contribution in [0.15, 0.2) is 12.1 Å². The number of anilines is 1. The number of hydrogen-bond donors (Lipinski definition) is 5. The van der Waals surface area contributed by atoms with Crippen molar-refractivity contribution in [3.05, 3.63) is 22.7 Å². The summed E-state index contributed by atoms with van der Waals surface area (Å²) < 4.78 is 0. The van der Waals surface area contributed by atoms with Crippen molar-refractivity contribution in [2.75, 3.05) is 5.32 Å². The van der Waals surface area contributed by atoms with Crippen molar-refractivity contribution in [3.8, 4) is 5.75 Å². The molecule has 6 N–H and O–H groups in total. The van der Waals surface area contributed by atoms with Crippen molar-refractivity contribution >= 4 is 29.3 Å². The molecule has 0 aliphatic rings. The molecule has 1 rings (SSSR count). The molecule has 0 spiro atoms. The molecule has 7 heteroatoms. The van der Waals surface area contributed by atoms with Crippen LogP contribution in [0.3, 0.4) is 0 Å². The van der Waals surface area contributed by atoms with Gasteiger partial charge in [-0.2, -0.15) is 0 Å². The minimum absolute atomic E-state index is 0.0162. The number of amides is 2. The van der Waals surface area contributed by atoms with E-state index in [0.717, 1.165) is 0 Å². The Bertz CT molecular complexity index is 447. The first-order chi connectivity index (χ1) is 7.41. The summed E-state index contributed by atoms with van der Waals surface area (Å²) >= 11 is 5.84. The van der Waals surface area contributed by atoms with Crippen LogP contribution in [-0.2, 0) is 0 Å². The van der Waals surface area contributed by atoms with E-state index < -0.39 is 12.0 Å². The van der Waals surface area contributed by atoms with Gasteiger partial charge in [-0.25, -0.2) is 4.79 Å². The number of phenolic OH excluding ortho intramolecular Hbond substituents is 1. The van der Waals surface area contributed by atoms with Crippen molar-refractivity contribution in [1.29, 1.82) is 5.41 Å². The highest BCUT2D eigenvalue weighted by molar-refractivity contribution is 6.34. The number of aromatic hydroxyl groups is 1. The number of carbonyl (C=O) groups is 1. The fourth-order valence-electron chi connectivity index (χ4n) is 1.09. The third-order valence-electron chi connectivity index (χ3n) is 1.87. The first-order valence-corrected chi connectivity index (χ1v) is 4.69. The molecule has 0 unspecified atom stereocenters. The van der Waals surface area contributed by atoms with E-state index in [1.165, 1.54) is 12.1 Å². The summed E-state index contributed by atoms with van der Waals surface area (Å²) in [6.45, 7) is 1.60. The van der Waals surface area contributed by atoms with Crippen molar-refractivity contribution in [3.63, 3.8) is 0 Å². The molecule has 2 amide bonds.